The van der Waals surface area contributed by atoms with Gasteiger partial charge in [0.05, 0.1) is 5.69 Å². The van der Waals surface area contributed by atoms with E-state index in [4.69, 9.17) is 5.73 Å². The van der Waals surface area contributed by atoms with Gasteiger partial charge in [-0.15, -0.1) is 11.3 Å². The zero-order valence-electron chi connectivity index (χ0n) is 8.33. The van der Waals surface area contributed by atoms with Gasteiger partial charge in [0.25, 0.3) is 0 Å². The number of nitrogens with two attached hydrogens (primary N) is 1. The summed E-state index contributed by atoms with van der Waals surface area (Å²) in [4.78, 5) is 4.56. The van der Waals surface area contributed by atoms with Gasteiger partial charge in [0.15, 0.2) is 0 Å². The van der Waals surface area contributed by atoms with E-state index >= 15 is 0 Å². The van der Waals surface area contributed by atoms with E-state index in [1.165, 1.54) is 5.01 Å². The molecule has 0 spiro atoms. The van der Waals surface area contributed by atoms with E-state index < -0.39 is 0 Å². The van der Waals surface area contributed by atoms with Crippen LogP contribution in [0.1, 0.15) is 24.5 Å². The third-order valence-electron chi connectivity index (χ3n) is 2.02. The minimum Gasteiger partial charge on any atom is -0.330 e. The molecule has 74 valence electrons. The average molecular weight is 216 g/mol. The smallest absolute Gasteiger partial charge is 0.103 e. The molecular formula is C9H16N2S2. The average Bonchev–Trinajstić information content (AvgIpc) is 2.54. The van der Waals surface area contributed by atoms with Gasteiger partial charge in [0.2, 0.25) is 0 Å². The molecule has 1 aromatic rings. The Balaban J connectivity index is 2.79. The van der Waals surface area contributed by atoms with Gasteiger partial charge >= 0.3 is 0 Å². The summed E-state index contributed by atoms with van der Waals surface area (Å²) in [6.07, 6.45) is 2.09. The summed E-state index contributed by atoms with van der Waals surface area (Å²) in [6.45, 7) is 4.91. The Kier molecular flexibility index (Phi) is 3.76. The molecule has 1 heterocycles. The summed E-state index contributed by atoms with van der Waals surface area (Å²) in [5.41, 5.74) is 6.83. The zero-order chi connectivity index (χ0) is 9.90. The molecule has 0 fully saturated rings. The Labute approximate surface area is 87.9 Å². The van der Waals surface area contributed by atoms with Gasteiger partial charge in [0.1, 0.15) is 5.01 Å². The number of hydrogen-bond acceptors (Lipinski definition) is 4. The van der Waals surface area contributed by atoms with Crippen molar-refractivity contribution in [3.8, 4) is 0 Å². The molecule has 1 aromatic heterocycles. The van der Waals surface area contributed by atoms with E-state index in [0.717, 1.165) is 11.4 Å². The van der Waals surface area contributed by atoms with Gasteiger partial charge in [-0.2, -0.15) is 11.8 Å². The Hall–Kier alpha value is -0.0600. The lowest BCUT2D eigenvalue weighted by molar-refractivity contribution is 0.524. The molecule has 0 radical (unpaired) electrons. The van der Waals surface area contributed by atoms with Crippen LogP contribution in [0.15, 0.2) is 5.38 Å². The van der Waals surface area contributed by atoms with Crippen LogP contribution < -0.4 is 5.73 Å². The Bertz CT molecular complexity index is 268. The molecule has 0 saturated carbocycles. The van der Waals surface area contributed by atoms with E-state index in [0.29, 0.717) is 6.54 Å². The summed E-state index contributed by atoms with van der Waals surface area (Å²) < 4.78 is 0. The molecule has 0 atom stereocenters. The van der Waals surface area contributed by atoms with Crippen molar-refractivity contribution in [2.45, 2.75) is 25.0 Å². The predicted molar refractivity (Wildman–Crippen MR) is 61.4 cm³/mol. The predicted octanol–water partition coefficient (Wildman–Crippen LogP) is 2.24. The lowest BCUT2D eigenvalue weighted by Gasteiger charge is -2.19. The normalized spacial score (nSPS) is 12.0. The molecule has 0 saturated heterocycles. The van der Waals surface area contributed by atoms with Crippen molar-refractivity contribution < 1.29 is 0 Å². The molecule has 0 bridgehead atoms. The van der Waals surface area contributed by atoms with E-state index in [2.05, 4.69) is 30.5 Å². The minimum atomic E-state index is 0.0210. The van der Waals surface area contributed by atoms with Crippen molar-refractivity contribution >= 4 is 23.1 Å². The number of aromatic nitrogens is 1. The second kappa shape index (κ2) is 4.44. The van der Waals surface area contributed by atoms with Crippen LogP contribution in [0, 0.1) is 0 Å². The van der Waals surface area contributed by atoms with Crippen LogP contribution in [0.4, 0.5) is 0 Å². The monoisotopic (exact) mass is 216 g/mol. The van der Waals surface area contributed by atoms with Gasteiger partial charge in [-0.3, -0.25) is 0 Å². The fourth-order valence-electron chi connectivity index (χ4n) is 0.916. The van der Waals surface area contributed by atoms with Crippen LogP contribution in [0.25, 0.3) is 0 Å². The van der Waals surface area contributed by atoms with Crippen LogP contribution in [-0.2, 0) is 11.2 Å². The third-order valence-corrected chi connectivity index (χ3v) is 3.62. The van der Waals surface area contributed by atoms with Crippen LogP contribution in [-0.4, -0.2) is 17.8 Å². The highest BCUT2D eigenvalue weighted by molar-refractivity contribution is 7.97. The summed E-state index contributed by atoms with van der Waals surface area (Å²) >= 11 is 3.53. The Morgan fingerprint density at radius 3 is 2.85 bits per heavy atom. The van der Waals surface area contributed by atoms with Gasteiger partial charge in [0, 0.05) is 23.1 Å². The molecular weight excluding hydrogens is 200 g/mol. The van der Waals surface area contributed by atoms with Crippen molar-refractivity contribution in [1.82, 2.24) is 4.98 Å². The topological polar surface area (TPSA) is 38.9 Å². The second-order valence-corrected chi connectivity index (χ2v) is 5.46. The van der Waals surface area contributed by atoms with Crippen LogP contribution in [0.3, 0.4) is 0 Å². The van der Waals surface area contributed by atoms with E-state index in [1.54, 1.807) is 23.1 Å². The summed E-state index contributed by atoms with van der Waals surface area (Å²) in [7, 11) is 0. The molecule has 4 heteroatoms. The van der Waals surface area contributed by atoms with Crippen LogP contribution in [0.5, 0.6) is 0 Å². The lowest BCUT2D eigenvalue weighted by Crippen LogP contribution is -2.28. The first-order valence-electron chi connectivity index (χ1n) is 4.24. The first-order chi connectivity index (χ1) is 6.10. The van der Waals surface area contributed by atoms with Crippen LogP contribution in [0.2, 0.25) is 0 Å². The number of nitrogens with zero attached hydrogens (tertiary/aromatic N) is 1. The maximum Gasteiger partial charge on any atom is 0.103 e. The highest BCUT2D eigenvalue weighted by atomic mass is 32.2. The Morgan fingerprint density at radius 2 is 2.31 bits per heavy atom. The van der Waals surface area contributed by atoms with E-state index in [9.17, 15) is 0 Å². The SMILES string of the molecule is CSCc1nc(C(C)(C)CN)cs1. The highest BCUT2D eigenvalue weighted by Crippen LogP contribution is 2.24. The standard InChI is InChI=1S/C9H16N2S2/c1-9(2,6-10)7-4-13-8(11-7)5-12-3/h4H,5-6,10H2,1-3H3. The van der Waals surface area contributed by atoms with Crippen molar-refractivity contribution in [1.29, 1.82) is 0 Å². The summed E-state index contributed by atoms with van der Waals surface area (Å²) in [6, 6.07) is 0. The van der Waals surface area contributed by atoms with Gasteiger partial charge in [-0.1, -0.05) is 13.8 Å². The van der Waals surface area contributed by atoms with Crippen molar-refractivity contribution in [2.24, 2.45) is 5.73 Å². The van der Waals surface area contributed by atoms with Gasteiger partial charge in [-0.05, 0) is 6.26 Å². The Morgan fingerprint density at radius 1 is 1.62 bits per heavy atom. The fraction of sp³-hybridized carbons (Fsp3) is 0.667. The quantitative estimate of drug-likeness (QED) is 0.839. The number of thiazole rings is 1. The van der Waals surface area contributed by atoms with E-state index in [1.807, 2.05) is 0 Å². The minimum absolute atomic E-state index is 0.0210. The van der Waals surface area contributed by atoms with Gasteiger partial charge in [-0.25, -0.2) is 4.98 Å². The van der Waals surface area contributed by atoms with Crippen molar-refractivity contribution in [3.05, 3.63) is 16.1 Å². The molecule has 13 heavy (non-hydrogen) atoms. The van der Waals surface area contributed by atoms with Gasteiger partial charge < -0.3 is 5.73 Å². The molecule has 0 aliphatic carbocycles. The summed E-state index contributed by atoms with van der Waals surface area (Å²) in [5, 5.41) is 3.32. The van der Waals surface area contributed by atoms with Crippen molar-refractivity contribution in [3.63, 3.8) is 0 Å². The maximum absolute atomic E-state index is 5.68. The summed E-state index contributed by atoms with van der Waals surface area (Å²) in [5.74, 6) is 1.01. The fourth-order valence-corrected chi connectivity index (χ4v) is 2.62. The molecule has 0 amide bonds. The molecule has 2 N–H and O–H groups in total. The first kappa shape index (κ1) is 11.0. The van der Waals surface area contributed by atoms with E-state index in [-0.39, 0.29) is 5.41 Å². The molecule has 2 nitrogen and oxygen atoms in total. The zero-order valence-corrected chi connectivity index (χ0v) is 9.97. The number of rotatable bonds is 4. The largest absolute Gasteiger partial charge is 0.330 e. The molecule has 0 aromatic carbocycles. The molecule has 1 rings (SSSR count). The molecule has 0 aliphatic heterocycles. The maximum atomic E-state index is 5.68. The second-order valence-electron chi connectivity index (χ2n) is 3.65. The molecule has 0 unspecified atom stereocenters. The first-order valence-corrected chi connectivity index (χ1v) is 6.51. The third kappa shape index (κ3) is 2.69. The van der Waals surface area contributed by atoms with Crippen molar-refractivity contribution in [2.75, 3.05) is 12.8 Å². The highest BCUT2D eigenvalue weighted by Gasteiger charge is 2.21. The molecule has 0 aliphatic rings. The lowest BCUT2D eigenvalue weighted by atomic mass is 9.90. The number of thioether (sulfide) groups is 1. The van der Waals surface area contributed by atoms with Crippen LogP contribution >= 0.6 is 23.1 Å². The number of hydrogen-bond donors (Lipinski definition) is 1.